The van der Waals surface area contributed by atoms with Crippen molar-refractivity contribution >= 4 is 10.0 Å². The molecule has 0 amide bonds. The third kappa shape index (κ3) is 3.98. The smallest absolute Gasteiger partial charge is 0.211 e. The zero-order chi connectivity index (χ0) is 16.4. The maximum absolute atomic E-state index is 11.6. The highest BCUT2D eigenvalue weighted by Gasteiger charge is 2.22. The molecular formula is C14H21N5O3S. The van der Waals surface area contributed by atoms with Crippen LogP contribution in [-0.4, -0.2) is 65.0 Å². The lowest BCUT2D eigenvalue weighted by atomic mass is 10.2. The van der Waals surface area contributed by atoms with Gasteiger partial charge in [0, 0.05) is 44.5 Å². The quantitative estimate of drug-likeness (QED) is 0.808. The first-order chi connectivity index (χ1) is 10.9. The number of sulfonamides is 1. The van der Waals surface area contributed by atoms with Crippen LogP contribution in [0.4, 0.5) is 0 Å². The molecule has 8 nitrogen and oxygen atoms in total. The summed E-state index contributed by atoms with van der Waals surface area (Å²) >= 11 is 0. The van der Waals surface area contributed by atoms with E-state index in [9.17, 15) is 8.42 Å². The molecule has 2 aromatic rings. The lowest BCUT2D eigenvalue weighted by molar-refractivity contribution is 0.241. The molecule has 0 bridgehead atoms. The molecule has 0 spiro atoms. The van der Waals surface area contributed by atoms with E-state index in [1.165, 1.54) is 10.6 Å². The standard InChI is InChI=1S/C14H21N5O3S/c1-17-10-12(9-15-17)14-8-13(22-16-14)11-18-4-3-5-19(7-6-18)23(2,20)21/h8-10H,3-7,11H2,1-2H3. The van der Waals surface area contributed by atoms with E-state index in [0.29, 0.717) is 26.2 Å². The molecule has 9 heteroatoms. The minimum absolute atomic E-state index is 0.516. The minimum atomic E-state index is -3.11. The van der Waals surface area contributed by atoms with E-state index in [2.05, 4.69) is 15.2 Å². The summed E-state index contributed by atoms with van der Waals surface area (Å²) in [4.78, 5) is 2.19. The molecule has 3 heterocycles. The summed E-state index contributed by atoms with van der Waals surface area (Å²) in [5.74, 6) is 0.775. The Bertz CT molecular complexity index is 767. The second-order valence-corrected chi connectivity index (χ2v) is 7.86. The first kappa shape index (κ1) is 16.2. The fourth-order valence-corrected chi connectivity index (χ4v) is 3.61. The van der Waals surface area contributed by atoms with Crippen LogP contribution in [0.1, 0.15) is 12.2 Å². The summed E-state index contributed by atoms with van der Waals surface area (Å²) in [7, 11) is -1.26. The number of nitrogens with zero attached hydrogens (tertiary/aromatic N) is 5. The van der Waals surface area contributed by atoms with E-state index in [1.54, 1.807) is 10.9 Å². The van der Waals surface area contributed by atoms with Crippen LogP contribution in [0.25, 0.3) is 11.3 Å². The van der Waals surface area contributed by atoms with E-state index in [0.717, 1.165) is 30.0 Å². The molecule has 0 unspecified atom stereocenters. The average molecular weight is 339 g/mol. The summed E-state index contributed by atoms with van der Waals surface area (Å²) in [6.07, 6.45) is 5.71. The van der Waals surface area contributed by atoms with Gasteiger partial charge in [-0.3, -0.25) is 9.58 Å². The molecule has 23 heavy (non-hydrogen) atoms. The van der Waals surface area contributed by atoms with Gasteiger partial charge in [0.25, 0.3) is 0 Å². The molecule has 126 valence electrons. The molecule has 2 aromatic heterocycles. The zero-order valence-corrected chi connectivity index (χ0v) is 14.2. The summed E-state index contributed by atoms with van der Waals surface area (Å²) in [5, 5.41) is 8.21. The lowest BCUT2D eigenvalue weighted by Crippen LogP contribution is -2.34. The topological polar surface area (TPSA) is 84.5 Å². The van der Waals surface area contributed by atoms with E-state index in [-0.39, 0.29) is 0 Å². The van der Waals surface area contributed by atoms with E-state index in [4.69, 9.17) is 4.52 Å². The van der Waals surface area contributed by atoms with Crippen LogP contribution in [0.15, 0.2) is 23.0 Å². The Kier molecular flexibility index (Phi) is 4.51. The Hall–Kier alpha value is -1.71. The summed E-state index contributed by atoms with van der Waals surface area (Å²) in [6, 6.07) is 1.91. The maximum Gasteiger partial charge on any atom is 0.211 e. The number of hydrogen-bond acceptors (Lipinski definition) is 6. The van der Waals surface area contributed by atoms with Crippen molar-refractivity contribution in [2.45, 2.75) is 13.0 Å². The summed E-state index contributed by atoms with van der Waals surface area (Å²) in [6.45, 7) is 3.25. The van der Waals surface area contributed by atoms with Gasteiger partial charge < -0.3 is 4.52 Å². The van der Waals surface area contributed by atoms with Crippen LogP contribution in [0.5, 0.6) is 0 Å². The van der Waals surface area contributed by atoms with E-state index >= 15 is 0 Å². The molecule has 1 fully saturated rings. The van der Waals surface area contributed by atoms with Gasteiger partial charge in [-0.1, -0.05) is 5.16 Å². The highest BCUT2D eigenvalue weighted by atomic mass is 32.2. The minimum Gasteiger partial charge on any atom is -0.359 e. The lowest BCUT2D eigenvalue weighted by Gasteiger charge is -2.19. The van der Waals surface area contributed by atoms with Crippen molar-refractivity contribution < 1.29 is 12.9 Å². The van der Waals surface area contributed by atoms with Crippen LogP contribution in [0, 0.1) is 0 Å². The predicted octanol–water partition coefficient (Wildman–Crippen LogP) is 0.542. The van der Waals surface area contributed by atoms with Crippen LogP contribution in [-0.2, 0) is 23.6 Å². The number of aryl methyl sites for hydroxylation is 1. The average Bonchev–Trinajstić information content (AvgIpc) is 3.02. The molecule has 1 saturated heterocycles. The monoisotopic (exact) mass is 339 g/mol. The Morgan fingerprint density at radius 3 is 2.78 bits per heavy atom. The molecular weight excluding hydrogens is 318 g/mol. The normalized spacial score (nSPS) is 18.2. The fourth-order valence-electron chi connectivity index (χ4n) is 2.73. The van der Waals surface area contributed by atoms with Gasteiger partial charge in [0.15, 0.2) is 5.76 Å². The van der Waals surface area contributed by atoms with Crippen molar-refractivity contribution in [1.29, 1.82) is 0 Å². The molecule has 0 aromatic carbocycles. The zero-order valence-electron chi connectivity index (χ0n) is 13.3. The molecule has 0 saturated carbocycles. The van der Waals surface area contributed by atoms with Gasteiger partial charge in [-0.25, -0.2) is 12.7 Å². The van der Waals surface area contributed by atoms with Crippen molar-refractivity contribution in [1.82, 2.24) is 24.1 Å². The van der Waals surface area contributed by atoms with Crippen molar-refractivity contribution in [2.75, 3.05) is 32.4 Å². The molecule has 0 atom stereocenters. The molecule has 3 rings (SSSR count). The third-order valence-electron chi connectivity index (χ3n) is 3.96. The maximum atomic E-state index is 11.6. The Morgan fingerprint density at radius 1 is 1.26 bits per heavy atom. The van der Waals surface area contributed by atoms with Crippen LogP contribution in [0.3, 0.4) is 0 Å². The largest absolute Gasteiger partial charge is 0.359 e. The van der Waals surface area contributed by atoms with Gasteiger partial charge >= 0.3 is 0 Å². The van der Waals surface area contributed by atoms with Gasteiger partial charge in [-0.2, -0.15) is 5.10 Å². The van der Waals surface area contributed by atoms with Crippen molar-refractivity contribution in [3.05, 3.63) is 24.2 Å². The SMILES string of the molecule is Cn1cc(-c2cc(CN3CCCN(S(C)(=O)=O)CC3)on2)cn1. The first-order valence-electron chi connectivity index (χ1n) is 7.54. The van der Waals surface area contributed by atoms with Gasteiger partial charge in [-0.15, -0.1) is 0 Å². The summed E-state index contributed by atoms with van der Waals surface area (Å²) < 4.78 is 31.9. The van der Waals surface area contributed by atoms with Gasteiger partial charge in [0.2, 0.25) is 10.0 Å². The Morgan fingerprint density at radius 2 is 2.09 bits per heavy atom. The highest BCUT2D eigenvalue weighted by Crippen LogP contribution is 2.19. The van der Waals surface area contributed by atoms with E-state index < -0.39 is 10.0 Å². The molecule has 0 aliphatic carbocycles. The molecule has 1 aliphatic heterocycles. The van der Waals surface area contributed by atoms with Crippen molar-refractivity contribution in [3.63, 3.8) is 0 Å². The summed E-state index contributed by atoms with van der Waals surface area (Å²) in [5.41, 5.74) is 1.68. The van der Waals surface area contributed by atoms with Crippen LogP contribution in [0.2, 0.25) is 0 Å². The second kappa shape index (κ2) is 6.42. The number of hydrogen-bond donors (Lipinski definition) is 0. The molecule has 0 N–H and O–H groups in total. The van der Waals surface area contributed by atoms with Crippen LogP contribution >= 0.6 is 0 Å². The van der Waals surface area contributed by atoms with Crippen LogP contribution < -0.4 is 0 Å². The second-order valence-electron chi connectivity index (χ2n) is 5.87. The Labute approximate surface area is 135 Å². The number of aromatic nitrogens is 3. The van der Waals surface area contributed by atoms with Crippen molar-refractivity contribution in [3.8, 4) is 11.3 Å². The number of rotatable bonds is 4. The van der Waals surface area contributed by atoms with Gasteiger partial charge in [-0.05, 0) is 13.0 Å². The van der Waals surface area contributed by atoms with Gasteiger partial charge in [0.1, 0.15) is 5.69 Å². The predicted molar refractivity (Wildman–Crippen MR) is 85.0 cm³/mol. The fraction of sp³-hybridized carbons (Fsp3) is 0.571. The molecule has 0 radical (unpaired) electrons. The van der Waals surface area contributed by atoms with E-state index in [1.807, 2.05) is 19.3 Å². The van der Waals surface area contributed by atoms with Crippen molar-refractivity contribution in [2.24, 2.45) is 7.05 Å². The van der Waals surface area contributed by atoms with Gasteiger partial charge in [0.05, 0.1) is 19.0 Å². The third-order valence-corrected chi connectivity index (χ3v) is 5.26. The molecule has 1 aliphatic rings. The highest BCUT2D eigenvalue weighted by molar-refractivity contribution is 7.88. The Balaban J connectivity index is 1.63. The first-order valence-corrected chi connectivity index (χ1v) is 9.39.